The third kappa shape index (κ3) is 1.75. The molecule has 2 saturated heterocycles. The van der Waals surface area contributed by atoms with E-state index in [-0.39, 0.29) is 0 Å². The van der Waals surface area contributed by atoms with Gasteiger partial charge in [-0.15, -0.1) is 0 Å². The van der Waals surface area contributed by atoms with Gasteiger partial charge in [0.25, 0.3) is 0 Å². The third-order valence-corrected chi connectivity index (χ3v) is 4.68. The molecule has 1 aromatic rings. The molecule has 6 nitrogen and oxygen atoms in total. The minimum Gasteiger partial charge on any atom is -0.388 e. The SMILES string of the molecule is CN1C2CCC1CC(O)(C(N)c1cnn(C)n1)C2. The lowest BCUT2D eigenvalue weighted by Crippen LogP contribution is -2.54. The molecule has 2 aliphatic rings. The fourth-order valence-electron chi connectivity index (χ4n) is 3.51. The Morgan fingerprint density at radius 1 is 1.39 bits per heavy atom. The summed E-state index contributed by atoms with van der Waals surface area (Å²) in [6.45, 7) is 0. The summed E-state index contributed by atoms with van der Waals surface area (Å²) < 4.78 is 0. The van der Waals surface area contributed by atoms with Gasteiger partial charge in [0.15, 0.2) is 0 Å². The minimum atomic E-state index is -0.839. The van der Waals surface area contributed by atoms with Crippen molar-refractivity contribution in [3.05, 3.63) is 11.9 Å². The molecule has 18 heavy (non-hydrogen) atoms. The molecule has 2 fully saturated rings. The molecular formula is C12H21N5O. The fourth-order valence-corrected chi connectivity index (χ4v) is 3.51. The normalized spacial score (nSPS) is 38.0. The molecule has 0 aliphatic carbocycles. The topological polar surface area (TPSA) is 80.2 Å². The molecule has 3 N–H and O–H groups in total. The maximum absolute atomic E-state index is 10.9. The zero-order valence-electron chi connectivity index (χ0n) is 11.0. The highest BCUT2D eigenvalue weighted by atomic mass is 16.3. The van der Waals surface area contributed by atoms with Crippen molar-refractivity contribution in [3.8, 4) is 0 Å². The Hall–Kier alpha value is -0.980. The van der Waals surface area contributed by atoms with Gasteiger partial charge in [0, 0.05) is 19.1 Å². The number of aliphatic hydroxyl groups is 1. The lowest BCUT2D eigenvalue weighted by Gasteiger charge is -2.44. The highest BCUT2D eigenvalue weighted by Gasteiger charge is 2.49. The van der Waals surface area contributed by atoms with Crippen LogP contribution < -0.4 is 5.73 Å². The first-order valence-corrected chi connectivity index (χ1v) is 6.56. The summed E-state index contributed by atoms with van der Waals surface area (Å²) in [5.41, 5.74) is 6.08. The van der Waals surface area contributed by atoms with Crippen molar-refractivity contribution < 1.29 is 5.11 Å². The third-order valence-electron chi connectivity index (χ3n) is 4.68. The van der Waals surface area contributed by atoms with Crippen LogP contribution in [0.4, 0.5) is 0 Å². The fraction of sp³-hybridized carbons (Fsp3) is 0.833. The molecule has 0 saturated carbocycles. The molecule has 1 aromatic heterocycles. The van der Waals surface area contributed by atoms with E-state index in [0.717, 1.165) is 25.7 Å². The lowest BCUT2D eigenvalue weighted by molar-refractivity contribution is -0.0638. The van der Waals surface area contributed by atoms with E-state index in [0.29, 0.717) is 17.8 Å². The summed E-state index contributed by atoms with van der Waals surface area (Å²) in [6, 6.07) is 0.468. The number of hydrogen-bond donors (Lipinski definition) is 2. The monoisotopic (exact) mass is 251 g/mol. The molecule has 3 heterocycles. The van der Waals surface area contributed by atoms with Crippen LogP contribution in [-0.2, 0) is 7.05 Å². The maximum Gasteiger partial charge on any atom is 0.102 e. The lowest BCUT2D eigenvalue weighted by atomic mass is 9.80. The van der Waals surface area contributed by atoms with Gasteiger partial charge in [0.2, 0.25) is 0 Å². The van der Waals surface area contributed by atoms with Crippen LogP contribution in [0.3, 0.4) is 0 Å². The molecule has 100 valence electrons. The van der Waals surface area contributed by atoms with Crippen LogP contribution in [0.1, 0.15) is 37.4 Å². The van der Waals surface area contributed by atoms with E-state index in [1.54, 1.807) is 13.2 Å². The predicted octanol–water partition coefficient (Wildman–Crippen LogP) is -0.197. The number of nitrogens with two attached hydrogens (primary N) is 1. The van der Waals surface area contributed by atoms with E-state index in [1.165, 1.54) is 4.80 Å². The van der Waals surface area contributed by atoms with E-state index in [1.807, 2.05) is 0 Å². The first-order chi connectivity index (χ1) is 8.49. The van der Waals surface area contributed by atoms with Crippen molar-refractivity contribution in [2.75, 3.05) is 7.05 Å². The molecule has 2 bridgehead atoms. The number of aryl methyl sites for hydroxylation is 1. The summed E-state index contributed by atoms with van der Waals surface area (Å²) >= 11 is 0. The molecule has 0 radical (unpaired) electrons. The summed E-state index contributed by atoms with van der Waals surface area (Å²) in [5.74, 6) is 0. The van der Waals surface area contributed by atoms with Gasteiger partial charge in [0.1, 0.15) is 5.69 Å². The minimum absolute atomic E-state index is 0.442. The molecule has 0 spiro atoms. The number of nitrogens with zero attached hydrogens (tertiary/aromatic N) is 4. The Bertz CT molecular complexity index is 431. The van der Waals surface area contributed by atoms with E-state index in [4.69, 9.17) is 5.73 Å². The second-order valence-electron chi connectivity index (χ2n) is 5.80. The Morgan fingerprint density at radius 2 is 2.00 bits per heavy atom. The number of piperidine rings is 1. The van der Waals surface area contributed by atoms with Crippen LogP contribution in [0.25, 0.3) is 0 Å². The zero-order chi connectivity index (χ0) is 12.9. The number of hydrogen-bond acceptors (Lipinski definition) is 5. The average Bonchev–Trinajstić information content (AvgIpc) is 2.82. The summed E-state index contributed by atoms with van der Waals surface area (Å²) in [7, 11) is 3.91. The van der Waals surface area contributed by atoms with Gasteiger partial charge in [0.05, 0.1) is 17.8 Å². The molecule has 0 aromatic carbocycles. The average molecular weight is 251 g/mol. The molecule has 3 atom stereocenters. The van der Waals surface area contributed by atoms with E-state index in [9.17, 15) is 5.11 Å². The molecule has 6 heteroatoms. The summed E-state index contributed by atoms with van der Waals surface area (Å²) in [4.78, 5) is 3.87. The largest absolute Gasteiger partial charge is 0.388 e. The van der Waals surface area contributed by atoms with Crippen LogP contribution in [0.2, 0.25) is 0 Å². The van der Waals surface area contributed by atoms with Gasteiger partial charge in [-0.25, -0.2) is 0 Å². The molecule has 0 amide bonds. The smallest absolute Gasteiger partial charge is 0.102 e. The van der Waals surface area contributed by atoms with Crippen molar-refractivity contribution in [1.29, 1.82) is 0 Å². The standard InChI is InChI=1S/C12H21N5O/c1-16-8-3-4-9(16)6-12(18,5-8)11(13)10-7-14-17(2)15-10/h7-9,11,18H,3-6,13H2,1-2H3. The van der Waals surface area contributed by atoms with Gasteiger partial charge in [-0.2, -0.15) is 15.0 Å². The Kier molecular flexibility index (Phi) is 2.69. The van der Waals surface area contributed by atoms with Gasteiger partial charge in [-0.1, -0.05) is 0 Å². The van der Waals surface area contributed by atoms with Gasteiger partial charge in [-0.05, 0) is 32.7 Å². The maximum atomic E-state index is 10.9. The predicted molar refractivity (Wildman–Crippen MR) is 66.7 cm³/mol. The highest BCUT2D eigenvalue weighted by Crippen LogP contribution is 2.44. The van der Waals surface area contributed by atoms with Crippen molar-refractivity contribution in [2.24, 2.45) is 12.8 Å². The zero-order valence-corrected chi connectivity index (χ0v) is 11.0. The molecule has 2 aliphatic heterocycles. The van der Waals surface area contributed by atoms with Crippen LogP contribution in [-0.4, -0.2) is 49.7 Å². The number of fused-ring (bicyclic) bond motifs is 2. The van der Waals surface area contributed by atoms with Crippen molar-refractivity contribution in [2.45, 2.75) is 49.4 Å². The summed E-state index contributed by atoms with van der Waals surface area (Å²) in [5, 5.41) is 19.1. The van der Waals surface area contributed by atoms with Crippen LogP contribution >= 0.6 is 0 Å². The van der Waals surface area contributed by atoms with Crippen LogP contribution in [0.5, 0.6) is 0 Å². The van der Waals surface area contributed by atoms with Crippen molar-refractivity contribution in [1.82, 2.24) is 19.9 Å². The van der Waals surface area contributed by atoms with E-state index >= 15 is 0 Å². The first-order valence-electron chi connectivity index (χ1n) is 6.56. The summed E-state index contributed by atoms with van der Waals surface area (Å²) in [6.07, 6.45) is 5.45. The second-order valence-corrected chi connectivity index (χ2v) is 5.80. The van der Waals surface area contributed by atoms with Crippen molar-refractivity contribution >= 4 is 0 Å². The molecule has 3 unspecified atom stereocenters. The number of aromatic nitrogens is 3. The Balaban J connectivity index is 1.83. The molecular weight excluding hydrogens is 230 g/mol. The molecule has 3 rings (SSSR count). The highest BCUT2D eigenvalue weighted by molar-refractivity contribution is 5.12. The van der Waals surface area contributed by atoms with Crippen LogP contribution in [0.15, 0.2) is 6.20 Å². The first kappa shape index (κ1) is 12.1. The van der Waals surface area contributed by atoms with Gasteiger partial charge >= 0.3 is 0 Å². The Labute approximate surface area is 107 Å². The second kappa shape index (κ2) is 4.01. The van der Waals surface area contributed by atoms with Gasteiger partial charge in [-0.3, -0.25) is 0 Å². The number of rotatable bonds is 2. The van der Waals surface area contributed by atoms with Crippen molar-refractivity contribution in [3.63, 3.8) is 0 Å². The quantitative estimate of drug-likeness (QED) is 0.761. The van der Waals surface area contributed by atoms with E-state index in [2.05, 4.69) is 22.1 Å². The van der Waals surface area contributed by atoms with E-state index < -0.39 is 11.6 Å². The van der Waals surface area contributed by atoms with Crippen LogP contribution in [0, 0.1) is 0 Å². The Morgan fingerprint density at radius 3 is 2.50 bits per heavy atom. The van der Waals surface area contributed by atoms with Gasteiger partial charge < -0.3 is 15.7 Å².